The third-order valence-corrected chi connectivity index (χ3v) is 8.18. The van der Waals surface area contributed by atoms with E-state index in [0.717, 1.165) is 0 Å². The van der Waals surface area contributed by atoms with Gasteiger partial charge < -0.3 is 19.3 Å². The van der Waals surface area contributed by atoms with E-state index in [-0.39, 0.29) is 35.1 Å². The Kier molecular flexibility index (Phi) is 7.94. The summed E-state index contributed by atoms with van der Waals surface area (Å²) in [5, 5.41) is 33.1. The van der Waals surface area contributed by atoms with Crippen molar-refractivity contribution in [3.05, 3.63) is 104 Å². The number of Topliss-reactive ketones (excluding diaryl/α,β-unsaturated/α-hetero) is 1. The van der Waals surface area contributed by atoms with Crippen LogP contribution in [0.3, 0.4) is 0 Å². The van der Waals surface area contributed by atoms with Gasteiger partial charge in [0.1, 0.15) is 11.6 Å². The number of amidine groups is 1. The first-order chi connectivity index (χ1) is 20.9. The zero-order chi connectivity index (χ0) is 31.9. The van der Waals surface area contributed by atoms with Crippen LogP contribution >= 0.6 is 0 Å². The molecule has 0 saturated carbocycles. The highest BCUT2D eigenvalue weighted by Crippen LogP contribution is 2.53. The molecule has 10 nitrogen and oxygen atoms in total. The van der Waals surface area contributed by atoms with Crippen LogP contribution in [0.5, 0.6) is 17.2 Å². The maximum absolute atomic E-state index is 14.2. The summed E-state index contributed by atoms with van der Waals surface area (Å²) in [6.45, 7) is 5.73. The molecule has 1 aliphatic carbocycles. The van der Waals surface area contributed by atoms with Crippen molar-refractivity contribution in [3.8, 4) is 17.2 Å². The molecule has 0 unspecified atom stereocenters. The van der Waals surface area contributed by atoms with Crippen molar-refractivity contribution in [1.29, 1.82) is 5.41 Å². The van der Waals surface area contributed by atoms with Crippen molar-refractivity contribution in [1.82, 2.24) is 0 Å². The number of nitro groups is 1. The molecule has 0 saturated heterocycles. The normalized spacial score (nSPS) is 19.0. The molecule has 5 rings (SSSR count). The monoisotopic (exact) mass is 597 g/mol. The van der Waals surface area contributed by atoms with Crippen LogP contribution in [-0.4, -0.2) is 43.0 Å². The van der Waals surface area contributed by atoms with Gasteiger partial charge in [0, 0.05) is 46.9 Å². The second-order valence-corrected chi connectivity index (χ2v) is 11.7. The highest BCUT2D eigenvalue weighted by Gasteiger charge is 2.47. The van der Waals surface area contributed by atoms with E-state index in [0.29, 0.717) is 57.3 Å². The number of nitro benzene ring substituents is 1. The summed E-state index contributed by atoms with van der Waals surface area (Å²) in [5.41, 5.74) is 2.85. The van der Waals surface area contributed by atoms with Gasteiger partial charge in [-0.1, -0.05) is 44.2 Å². The first-order valence-corrected chi connectivity index (χ1v) is 14.1. The van der Waals surface area contributed by atoms with Gasteiger partial charge in [-0.25, -0.2) is 0 Å². The van der Waals surface area contributed by atoms with E-state index in [2.05, 4.69) is 0 Å². The largest absolute Gasteiger partial charge is 0.507 e. The minimum absolute atomic E-state index is 0.0497. The number of methoxy groups -OCH3 is 3. The quantitative estimate of drug-likeness (QED) is 0.167. The van der Waals surface area contributed by atoms with Crippen LogP contribution in [0.4, 0.5) is 11.4 Å². The second-order valence-electron chi connectivity index (χ2n) is 11.7. The summed E-state index contributed by atoms with van der Waals surface area (Å²) < 4.78 is 16.8. The van der Waals surface area contributed by atoms with Gasteiger partial charge in [-0.05, 0) is 48.1 Å². The van der Waals surface area contributed by atoms with E-state index >= 15 is 0 Å². The fourth-order valence-electron chi connectivity index (χ4n) is 6.24. The summed E-state index contributed by atoms with van der Waals surface area (Å²) in [7, 11) is 4.50. The van der Waals surface area contributed by atoms with E-state index < -0.39 is 16.3 Å². The molecule has 0 amide bonds. The predicted octanol–water partition coefficient (Wildman–Crippen LogP) is 7.12. The van der Waals surface area contributed by atoms with Crippen LogP contribution in [0.2, 0.25) is 0 Å². The number of rotatable bonds is 7. The Bertz CT molecular complexity index is 1720. The molecule has 0 aromatic heterocycles. The molecule has 0 radical (unpaired) electrons. The number of nitrogens with zero attached hydrogens (tertiary/aromatic N) is 2. The average Bonchev–Trinajstić information content (AvgIpc) is 2.99. The van der Waals surface area contributed by atoms with Crippen molar-refractivity contribution in [2.75, 3.05) is 26.2 Å². The lowest BCUT2D eigenvalue weighted by molar-refractivity contribution is -0.384. The number of ketones is 1. The lowest BCUT2D eigenvalue weighted by Crippen LogP contribution is -2.45. The molecule has 1 atom stereocenters. The molecule has 10 heteroatoms. The molecule has 3 aromatic rings. The fraction of sp³-hybridized carbons (Fsp3) is 0.294. The Morgan fingerprint density at radius 2 is 1.64 bits per heavy atom. The molecule has 0 spiro atoms. The number of aliphatic hydroxyl groups excluding tert-OH is 1. The van der Waals surface area contributed by atoms with Crippen molar-refractivity contribution >= 4 is 28.8 Å². The van der Waals surface area contributed by atoms with Crippen LogP contribution < -0.4 is 19.1 Å². The summed E-state index contributed by atoms with van der Waals surface area (Å²) >= 11 is 0. The lowest BCUT2D eigenvalue weighted by atomic mass is 9.67. The summed E-state index contributed by atoms with van der Waals surface area (Å²) in [4.78, 5) is 27.0. The molecular weight excluding hydrogens is 562 g/mol. The Balaban J connectivity index is 1.90. The molecule has 228 valence electrons. The average molecular weight is 598 g/mol. The zero-order valence-electron chi connectivity index (χ0n) is 25.6. The number of aryl methyl sites for hydroxylation is 1. The van der Waals surface area contributed by atoms with Crippen molar-refractivity contribution in [2.24, 2.45) is 5.41 Å². The number of aliphatic hydroxyl groups is 1. The topological polar surface area (TPSA) is 135 Å². The summed E-state index contributed by atoms with van der Waals surface area (Å²) in [5.74, 6) is -0.0852. The first kappa shape index (κ1) is 30.3. The van der Waals surface area contributed by atoms with Gasteiger partial charge in [0.2, 0.25) is 5.75 Å². The van der Waals surface area contributed by atoms with E-state index in [9.17, 15) is 25.4 Å². The van der Waals surface area contributed by atoms with Gasteiger partial charge in [0.25, 0.3) is 5.69 Å². The number of benzene rings is 3. The van der Waals surface area contributed by atoms with Gasteiger partial charge in [0.05, 0.1) is 31.9 Å². The molecule has 1 heterocycles. The Morgan fingerprint density at radius 3 is 2.18 bits per heavy atom. The van der Waals surface area contributed by atoms with Gasteiger partial charge in [-0.15, -0.1) is 0 Å². The predicted molar refractivity (Wildman–Crippen MR) is 168 cm³/mol. The maximum atomic E-state index is 14.2. The van der Waals surface area contributed by atoms with E-state index in [1.54, 1.807) is 54.3 Å². The van der Waals surface area contributed by atoms with Gasteiger partial charge in [-0.3, -0.25) is 25.2 Å². The molecule has 1 aliphatic heterocycles. The first-order valence-electron chi connectivity index (χ1n) is 14.1. The van der Waals surface area contributed by atoms with Crippen LogP contribution in [0.15, 0.2) is 77.5 Å². The maximum Gasteiger partial charge on any atom is 0.269 e. The highest BCUT2D eigenvalue weighted by atomic mass is 16.6. The SMILES string of the molecule is COc1cc([C@@H]2C(=C(O)c3ccccc3)C(=N)N(c3ccc([N+](=O)[O-])cc3C)C3=C2C(=O)CC(C)(C)C3)cc(OC)c1OC. The lowest BCUT2D eigenvalue weighted by Gasteiger charge is -2.45. The standard InChI is InChI=1S/C34H35N3O7/c1-19-14-22(37(40)41)12-13-23(19)36-24-17-34(2,3)18-25(38)29(24)28(21-15-26(42-4)32(44-6)27(16-21)43-5)30(33(36)35)31(39)20-10-8-7-9-11-20/h7-16,28,35,39H,17-18H2,1-6H3/t28-/m0/s1. The number of ether oxygens (including phenoxy) is 3. The fourth-order valence-corrected chi connectivity index (χ4v) is 6.24. The number of allylic oxidation sites excluding steroid dienone is 2. The van der Waals surface area contributed by atoms with Crippen LogP contribution in [0, 0.1) is 27.9 Å². The molecule has 2 aliphatic rings. The van der Waals surface area contributed by atoms with Gasteiger partial charge in [-0.2, -0.15) is 0 Å². The third-order valence-electron chi connectivity index (χ3n) is 8.18. The smallest absolute Gasteiger partial charge is 0.269 e. The van der Waals surface area contributed by atoms with Gasteiger partial charge >= 0.3 is 0 Å². The number of hydrogen-bond acceptors (Lipinski definition) is 8. The number of hydrogen-bond donors (Lipinski definition) is 2. The van der Waals surface area contributed by atoms with Crippen LogP contribution in [0.25, 0.3) is 5.76 Å². The summed E-state index contributed by atoms with van der Waals surface area (Å²) in [6, 6.07) is 16.8. The number of nitrogens with one attached hydrogen (secondary N) is 1. The highest BCUT2D eigenvalue weighted by molar-refractivity contribution is 6.20. The molecule has 2 N–H and O–H groups in total. The number of carbonyl (C=O) groups excluding carboxylic acids is 1. The molecule has 0 bridgehead atoms. The minimum atomic E-state index is -0.857. The Morgan fingerprint density at radius 1 is 1.00 bits per heavy atom. The van der Waals surface area contributed by atoms with E-state index in [1.807, 2.05) is 19.9 Å². The third kappa shape index (κ3) is 5.16. The van der Waals surface area contributed by atoms with Crippen LogP contribution in [0.1, 0.15) is 49.3 Å². The Labute approximate surface area is 255 Å². The molecule has 0 fully saturated rings. The number of carbonyl (C=O) groups is 1. The van der Waals surface area contributed by atoms with Crippen molar-refractivity contribution < 1.29 is 29.0 Å². The molecular formula is C34H35N3O7. The van der Waals surface area contributed by atoms with E-state index in [1.165, 1.54) is 33.5 Å². The Hall–Kier alpha value is -5.12. The molecule has 44 heavy (non-hydrogen) atoms. The van der Waals surface area contributed by atoms with Crippen LogP contribution in [-0.2, 0) is 4.79 Å². The second kappa shape index (κ2) is 11.5. The minimum Gasteiger partial charge on any atom is -0.507 e. The van der Waals surface area contributed by atoms with Crippen molar-refractivity contribution in [3.63, 3.8) is 0 Å². The summed E-state index contributed by atoms with van der Waals surface area (Å²) in [6.07, 6.45) is 0.708. The van der Waals surface area contributed by atoms with Gasteiger partial charge in [0.15, 0.2) is 17.3 Å². The van der Waals surface area contributed by atoms with Crippen molar-refractivity contribution in [2.45, 2.75) is 39.5 Å². The number of non-ortho nitro benzene ring substituents is 1. The number of anilines is 1. The zero-order valence-corrected chi connectivity index (χ0v) is 25.6. The molecule has 3 aromatic carbocycles. The van der Waals surface area contributed by atoms with E-state index in [4.69, 9.17) is 14.2 Å².